The van der Waals surface area contributed by atoms with E-state index in [4.69, 9.17) is 29.2 Å². The highest BCUT2D eigenvalue weighted by Crippen LogP contribution is 2.45. The van der Waals surface area contributed by atoms with Gasteiger partial charge in [-0.2, -0.15) is 0 Å². The molecule has 0 bridgehead atoms. The predicted octanol–water partition coefficient (Wildman–Crippen LogP) is 1.42. The van der Waals surface area contributed by atoms with Crippen molar-refractivity contribution in [1.82, 2.24) is 10.6 Å². The van der Waals surface area contributed by atoms with Gasteiger partial charge in [-0.25, -0.2) is 4.79 Å². The molecule has 2 aromatic rings. The number of benzene rings is 2. The maximum atomic E-state index is 13.2. The summed E-state index contributed by atoms with van der Waals surface area (Å²) in [6.45, 7) is 0.202. The molecule has 0 saturated carbocycles. The lowest BCUT2D eigenvalue weighted by Gasteiger charge is -2.30. The number of fused-ring (bicyclic) bond motifs is 2. The Morgan fingerprint density at radius 1 is 0.953 bits per heavy atom. The van der Waals surface area contributed by atoms with Crippen LogP contribution in [0.2, 0.25) is 0 Å². The highest BCUT2D eigenvalue weighted by atomic mass is 16.8. The third kappa shape index (κ3) is 7.49. The number of aliphatic hydroxyl groups excluding tert-OH is 2. The summed E-state index contributed by atoms with van der Waals surface area (Å²) in [5, 5.41) is 23.0. The summed E-state index contributed by atoms with van der Waals surface area (Å²) in [5.74, 6) is -2.14. The highest BCUT2D eigenvalue weighted by Gasteiger charge is 2.55. The van der Waals surface area contributed by atoms with Crippen molar-refractivity contribution in [3.8, 4) is 0 Å². The molecule has 3 aliphatic rings. The Balaban J connectivity index is 1.28. The molecule has 4 N–H and O–H groups in total. The van der Waals surface area contributed by atoms with Gasteiger partial charge in [-0.3, -0.25) is 9.59 Å². The van der Waals surface area contributed by atoms with E-state index in [1.54, 1.807) is 36.4 Å². The zero-order valence-corrected chi connectivity index (χ0v) is 23.7. The van der Waals surface area contributed by atoms with Gasteiger partial charge in [0, 0.05) is 44.3 Å². The lowest BCUT2D eigenvalue weighted by molar-refractivity contribution is -0.172. The largest absolute Gasteiger partial charge is 0.499 e. The molecule has 2 aromatic carbocycles. The van der Waals surface area contributed by atoms with Crippen LogP contribution >= 0.6 is 0 Å². The summed E-state index contributed by atoms with van der Waals surface area (Å²) in [7, 11) is 0. The van der Waals surface area contributed by atoms with Crippen molar-refractivity contribution in [2.75, 3.05) is 32.9 Å². The SMILES string of the molecule is O=C(CCNC(=O)C1=CC2OC3(Cc4ccccc4C3)OC2C(OC(=O)c2ccc(C=COCCO)cc2)C1)NCCO. The second-order valence-electron chi connectivity index (χ2n) is 10.6. The molecule has 1 heterocycles. The van der Waals surface area contributed by atoms with Crippen LogP contribution in [-0.4, -0.2) is 85.0 Å². The summed E-state index contributed by atoms with van der Waals surface area (Å²) in [5.41, 5.74) is 3.78. The summed E-state index contributed by atoms with van der Waals surface area (Å²) in [6.07, 6.45) is 4.18. The molecular formula is C32H36N2O9. The number of aliphatic hydroxyl groups is 2. The van der Waals surface area contributed by atoms with E-state index in [-0.39, 0.29) is 57.6 Å². The molecule has 11 nitrogen and oxygen atoms in total. The predicted molar refractivity (Wildman–Crippen MR) is 154 cm³/mol. The first-order valence-corrected chi connectivity index (χ1v) is 14.4. The standard InChI is InChI=1S/C32H36N2O9/c35-13-12-33-28(37)9-11-34-30(38)25-17-26(41-31(39)22-7-5-21(6-8-22)10-15-40-16-14-36)29-27(18-25)42-32(43-29)19-23-3-1-2-4-24(23)20-32/h1-8,10,15,18,26-27,29,35-36H,9,11-14,16-17,19-20H2,(H,33,37)(H,34,38). The molecule has 43 heavy (non-hydrogen) atoms. The molecular weight excluding hydrogens is 556 g/mol. The van der Waals surface area contributed by atoms with Gasteiger partial charge in [0.2, 0.25) is 11.8 Å². The molecule has 228 valence electrons. The summed E-state index contributed by atoms with van der Waals surface area (Å²) >= 11 is 0. The summed E-state index contributed by atoms with van der Waals surface area (Å²) < 4.78 is 24.1. The van der Waals surface area contributed by atoms with Crippen molar-refractivity contribution in [2.45, 2.75) is 49.8 Å². The van der Waals surface area contributed by atoms with Gasteiger partial charge in [-0.1, -0.05) is 36.4 Å². The number of nitrogens with one attached hydrogen (secondary N) is 2. The van der Waals surface area contributed by atoms with Crippen molar-refractivity contribution in [3.05, 3.63) is 88.7 Å². The molecule has 1 spiro atoms. The van der Waals surface area contributed by atoms with Gasteiger partial charge in [0.15, 0.2) is 5.79 Å². The van der Waals surface area contributed by atoms with E-state index in [2.05, 4.69) is 10.6 Å². The molecule has 2 aliphatic carbocycles. The minimum absolute atomic E-state index is 0.0587. The van der Waals surface area contributed by atoms with Crippen LogP contribution in [0.25, 0.3) is 6.08 Å². The number of amides is 2. The van der Waals surface area contributed by atoms with Gasteiger partial charge < -0.3 is 39.8 Å². The third-order valence-corrected chi connectivity index (χ3v) is 7.55. The van der Waals surface area contributed by atoms with Crippen LogP contribution in [0.1, 0.15) is 39.9 Å². The van der Waals surface area contributed by atoms with Crippen molar-refractivity contribution in [3.63, 3.8) is 0 Å². The molecule has 3 unspecified atom stereocenters. The number of esters is 1. The Morgan fingerprint density at radius 2 is 1.70 bits per heavy atom. The fraction of sp³-hybridized carbons (Fsp3) is 0.406. The first-order chi connectivity index (χ1) is 20.9. The molecule has 11 heteroatoms. The quantitative estimate of drug-likeness (QED) is 0.163. The lowest BCUT2D eigenvalue weighted by atomic mass is 9.91. The van der Waals surface area contributed by atoms with Crippen LogP contribution in [0.4, 0.5) is 0 Å². The average Bonchev–Trinajstić information content (AvgIpc) is 3.56. The van der Waals surface area contributed by atoms with E-state index in [1.807, 2.05) is 24.3 Å². The van der Waals surface area contributed by atoms with Crippen LogP contribution in [-0.2, 0) is 41.4 Å². The minimum atomic E-state index is -0.914. The van der Waals surface area contributed by atoms with E-state index in [9.17, 15) is 14.4 Å². The summed E-state index contributed by atoms with van der Waals surface area (Å²) in [6, 6.07) is 14.8. The first kappa shape index (κ1) is 30.4. The Hall–Kier alpha value is -4.03. The number of carbonyl (C=O) groups excluding carboxylic acids is 3. The van der Waals surface area contributed by atoms with E-state index in [0.29, 0.717) is 24.0 Å². The van der Waals surface area contributed by atoms with Gasteiger partial charge >= 0.3 is 5.97 Å². The van der Waals surface area contributed by atoms with Crippen LogP contribution in [0.5, 0.6) is 0 Å². The van der Waals surface area contributed by atoms with Gasteiger partial charge in [0.1, 0.15) is 24.9 Å². The van der Waals surface area contributed by atoms with E-state index >= 15 is 0 Å². The molecule has 5 rings (SSSR count). The minimum Gasteiger partial charge on any atom is -0.499 e. The number of hydrogen-bond acceptors (Lipinski definition) is 9. The van der Waals surface area contributed by atoms with Crippen LogP contribution in [0, 0.1) is 0 Å². The van der Waals surface area contributed by atoms with E-state index in [0.717, 1.165) is 16.7 Å². The van der Waals surface area contributed by atoms with Crippen LogP contribution < -0.4 is 10.6 Å². The van der Waals surface area contributed by atoms with Gasteiger partial charge in [-0.15, -0.1) is 0 Å². The zero-order valence-electron chi connectivity index (χ0n) is 23.7. The Labute approximate surface area is 249 Å². The second kappa shape index (κ2) is 14.0. The van der Waals surface area contributed by atoms with Crippen molar-refractivity contribution in [2.24, 2.45) is 0 Å². The highest BCUT2D eigenvalue weighted by molar-refractivity contribution is 5.94. The smallest absolute Gasteiger partial charge is 0.338 e. The molecule has 0 aromatic heterocycles. The van der Waals surface area contributed by atoms with E-state index < -0.39 is 30.1 Å². The number of hydrogen-bond donors (Lipinski definition) is 4. The fourth-order valence-corrected chi connectivity index (χ4v) is 5.53. The maximum absolute atomic E-state index is 13.2. The molecule has 3 atom stereocenters. The van der Waals surface area contributed by atoms with E-state index in [1.165, 1.54) is 6.26 Å². The van der Waals surface area contributed by atoms with Crippen LogP contribution in [0.3, 0.4) is 0 Å². The third-order valence-electron chi connectivity index (χ3n) is 7.55. The normalized spacial score (nSPS) is 21.6. The second-order valence-corrected chi connectivity index (χ2v) is 10.6. The monoisotopic (exact) mass is 592 g/mol. The first-order valence-electron chi connectivity index (χ1n) is 14.4. The van der Waals surface area contributed by atoms with Crippen molar-refractivity contribution in [1.29, 1.82) is 0 Å². The zero-order chi connectivity index (χ0) is 30.2. The topological polar surface area (TPSA) is 153 Å². The van der Waals surface area contributed by atoms with Crippen molar-refractivity contribution >= 4 is 23.9 Å². The summed E-state index contributed by atoms with van der Waals surface area (Å²) in [4.78, 5) is 38.2. The fourth-order valence-electron chi connectivity index (χ4n) is 5.53. The molecule has 1 aliphatic heterocycles. The van der Waals surface area contributed by atoms with Crippen molar-refractivity contribution < 1.29 is 43.5 Å². The molecule has 1 fully saturated rings. The maximum Gasteiger partial charge on any atom is 0.338 e. The average molecular weight is 593 g/mol. The van der Waals surface area contributed by atoms with Gasteiger partial charge in [0.25, 0.3) is 0 Å². The molecule has 2 amide bonds. The number of ether oxygens (including phenoxy) is 4. The molecule has 0 radical (unpaired) electrons. The lowest BCUT2D eigenvalue weighted by Crippen LogP contribution is -2.44. The van der Waals surface area contributed by atoms with Gasteiger partial charge in [0.05, 0.1) is 25.0 Å². The Bertz CT molecular complexity index is 1350. The number of carbonyl (C=O) groups is 3. The Morgan fingerprint density at radius 3 is 2.40 bits per heavy atom. The Kier molecular flexibility index (Phi) is 9.88. The molecule has 1 saturated heterocycles. The van der Waals surface area contributed by atoms with Crippen LogP contribution in [0.15, 0.2) is 66.4 Å². The number of rotatable bonds is 12. The van der Waals surface area contributed by atoms with Gasteiger partial charge in [-0.05, 0) is 41.0 Å².